The molecule has 8 nitrogen and oxygen atoms in total. The van der Waals surface area contributed by atoms with Crippen molar-refractivity contribution in [3.63, 3.8) is 0 Å². The second-order valence-corrected chi connectivity index (χ2v) is 8.65. The number of H-pyrrole nitrogens is 1. The van der Waals surface area contributed by atoms with E-state index in [2.05, 4.69) is 10.3 Å². The van der Waals surface area contributed by atoms with E-state index in [1.165, 1.54) is 24.4 Å². The first-order chi connectivity index (χ1) is 16.7. The number of benzene rings is 2. The quantitative estimate of drug-likeness (QED) is 0.488. The minimum atomic E-state index is -1.06. The number of hydrogen-bond acceptors (Lipinski definition) is 4. The van der Waals surface area contributed by atoms with Crippen LogP contribution in [0.5, 0.6) is 5.75 Å². The average Bonchev–Trinajstić information content (AvgIpc) is 3.45. The fraction of sp³-hybridized carbons (Fsp3) is 0.320. The van der Waals surface area contributed by atoms with Crippen molar-refractivity contribution in [2.75, 3.05) is 7.05 Å². The molecule has 1 heterocycles. The number of nitrogens with zero attached hydrogens (tertiary/aromatic N) is 1. The van der Waals surface area contributed by atoms with Crippen LogP contribution in [0.4, 0.5) is 13.6 Å². The van der Waals surface area contributed by atoms with Crippen LogP contribution in [0.3, 0.4) is 0 Å². The highest BCUT2D eigenvalue weighted by molar-refractivity contribution is 5.96. The van der Waals surface area contributed by atoms with Gasteiger partial charge in [-0.3, -0.25) is 9.59 Å². The molecular formula is C25H26F2N4O4. The minimum Gasteiger partial charge on any atom is -0.408 e. The van der Waals surface area contributed by atoms with Crippen LogP contribution < -0.4 is 15.8 Å². The Kier molecular flexibility index (Phi) is 6.72. The molecule has 1 saturated carbocycles. The molecular weight excluding hydrogens is 458 g/mol. The van der Waals surface area contributed by atoms with Crippen molar-refractivity contribution < 1.29 is 27.9 Å². The van der Waals surface area contributed by atoms with Gasteiger partial charge in [0.15, 0.2) is 5.75 Å². The maximum Gasteiger partial charge on any atom is 0.410 e. The molecule has 1 aliphatic carbocycles. The Labute approximate surface area is 200 Å². The predicted molar refractivity (Wildman–Crippen MR) is 126 cm³/mol. The Morgan fingerprint density at radius 1 is 1.17 bits per heavy atom. The number of halogens is 2. The molecule has 35 heavy (non-hydrogen) atoms. The van der Waals surface area contributed by atoms with Crippen molar-refractivity contribution >= 4 is 28.8 Å². The highest BCUT2D eigenvalue weighted by Crippen LogP contribution is 2.34. The lowest BCUT2D eigenvalue weighted by molar-refractivity contribution is -0.121. The Morgan fingerprint density at radius 2 is 1.94 bits per heavy atom. The molecule has 4 N–H and O–H groups in total. The zero-order chi connectivity index (χ0) is 25.3. The van der Waals surface area contributed by atoms with Crippen LogP contribution in [0.25, 0.3) is 22.0 Å². The zero-order valence-corrected chi connectivity index (χ0v) is 19.4. The third-order valence-electron chi connectivity index (χ3n) is 6.40. The molecule has 1 aliphatic rings. The summed E-state index contributed by atoms with van der Waals surface area (Å²) < 4.78 is 34.6. The summed E-state index contributed by atoms with van der Waals surface area (Å²) in [6.45, 7) is 1.79. The van der Waals surface area contributed by atoms with Gasteiger partial charge in [-0.1, -0.05) is 13.0 Å². The summed E-state index contributed by atoms with van der Waals surface area (Å²) in [5.74, 6) is -1.71. The number of nitrogens with one attached hydrogen (secondary N) is 2. The van der Waals surface area contributed by atoms with E-state index in [0.29, 0.717) is 12.8 Å². The van der Waals surface area contributed by atoms with Crippen LogP contribution in [0.2, 0.25) is 0 Å². The van der Waals surface area contributed by atoms with Crippen molar-refractivity contribution in [2.24, 2.45) is 5.73 Å². The lowest BCUT2D eigenvalue weighted by Gasteiger charge is -2.25. The fourth-order valence-corrected chi connectivity index (χ4v) is 4.53. The summed E-state index contributed by atoms with van der Waals surface area (Å²) in [5, 5.41) is 3.18. The van der Waals surface area contributed by atoms with Gasteiger partial charge >= 0.3 is 6.09 Å². The van der Waals surface area contributed by atoms with E-state index in [4.69, 9.17) is 10.5 Å². The van der Waals surface area contributed by atoms with Gasteiger partial charge in [-0.25, -0.2) is 13.6 Å². The summed E-state index contributed by atoms with van der Waals surface area (Å²) in [6.07, 6.45) is 2.79. The van der Waals surface area contributed by atoms with Crippen molar-refractivity contribution in [3.05, 3.63) is 53.7 Å². The fourth-order valence-electron chi connectivity index (χ4n) is 4.53. The van der Waals surface area contributed by atoms with Gasteiger partial charge in [0, 0.05) is 48.3 Å². The van der Waals surface area contributed by atoms with E-state index in [0.717, 1.165) is 25.0 Å². The number of nitrogens with two attached hydrogens (primary N) is 1. The van der Waals surface area contributed by atoms with Crippen LogP contribution in [0.1, 0.15) is 43.0 Å². The number of ether oxygens (including phenoxy) is 1. The van der Waals surface area contributed by atoms with E-state index in [-0.39, 0.29) is 57.2 Å². The van der Waals surface area contributed by atoms with Gasteiger partial charge in [-0.2, -0.15) is 0 Å². The number of rotatable bonds is 6. The zero-order valence-electron chi connectivity index (χ0n) is 19.4. The summed E-state index contributed by atoms with van der Waals surface area (Å²) >= 11 is 0. The summed E-state index contributed by atoms with van der Waals surface area (Å²) in [6, 6.07) is 6.61. The largest absolute Gasteiger partial charge is 0.410 e. The molecule has 0 unspecified atom stereocenters. The number of amides is 3. The molecule has 0 bridgehead atoms. The van der Waals surface area contributed by atoms with Crippen molar-refractivity contribution in [1.82, 2.24) is 15.2 Å². The molecule has 0 radical (unpaired) electrons. The number of aromatic nitrogens is 1. The molecule has 4 rings (SSSR count). The summed E-state index contributed by atoms with van der Waals surface area (Å²) in [7, 11) is 1.66. The maximum atomic E-state index is 15.1. The van der Waals surface area contributed by atoms with E-state index in [1.807, 2.05) is 0 Å². The average molecular weight is 485 g/mol. The van der Waals surface area contributed by atoms with E-state index >= 15 is 4.39 Å². The Morgan fingerprint density at radius 3 is 2.63 bits per heavy atom. The molecule has 184 valence electrons. The molecule has 2 aromatic carbocycles. The molecule has 1 fully saturated rings. The van der Waals surface area contributed by atoms with Crippen LogP contribution in [-0.4, -0.2) is 46.9 Å². The van der Waals surface area contributed by atoms with E-state index in [1.54, 1.807) is 18.9 Å². The predicted octanol–water partition coefficient (Wildman–Crippen LogP) is 4.09. The molecule has 3 amide bonds. The van der Waals surface area contributed by atoms with E-state index in [9.17, 15) is 18.8 Å². The van der Waals surface area contributed by atoms with Crippen molar-refractivity contribution in [1.29, 1.82) is 0 Å². The second kappa shape index (κ2) is 9.73. The number of aromatic amines is 1. The molecule has 3 aromatic rings. The highest BCUT2D eigenvalue weighted by atomic mass is 19.1. The first-order valence-corrected chi connectivity index (χ1v) is 11.3. The summed E-state index contributed by atoms with van der Waals surface area (Å²) in [4.78, 5) is 40.0. The van der Waals surface area contributed by atoms with Crippen LogP contribution >= 0.6 is 0 Å². The number of primary amides is 1. The standard InChI is InChI=1S/C25H26F2N4O4/c1-3-22(32)30-15-5-6-16(11-15)31(2)24(33)13-4-7-17(19(26)9-13)14-8-18-21(35-25(28)34)12-29-23(18)20(27)10-14/h4,7-10,12,15-16,29H,3,5-6,11H2,1-2H3,(H2,28,34)(H,30,32)/t15-,16+/m0/s1. The SMILES string of the molecule is CCC(=O)N[C@H]1CC[C@@H](N(C)C(=O)c2ccc(-c3cc(F)c4[nH]cc(OC(N)=O)c4c3)c(F)c2)C1. The number of fused-ring (bicyclic) bond motifs is 1. The lowest BCUT2D eigenvalue weighted by Crippen LogP contribution is -2.38. The molecule has 1 aromatic heterocycles. The first-order valence-electron chi connectivity index (χ1n) is 11.3. The topological polar surface area (TPSA) is 118 Å². The van der Waals surface area contributed by atoms with E-state index < -0.39 is 17.7 Å². The monoisotopic (exact) mass is 484 g/mol. The molecule has 0 saturated heterocycles. The molecule has 0 spiro atoms. The highest BCUT2D eigenvalue weighted by Gasteiger charge is 2.31. The number of carbonyl (C=O) groups excluding carboxylic acids is 3. The van der Waals surface area contributed by atoms with Crippen LogP contribution in [0.15, 0.2) is 36.5 Å². The number of carbonyl (C=O) groups is 3. The van der Waals surface area contributed by atoms with Gasteiger partial charge in [0.05, 0.1) is 5.52 Å². The third kappa shape index (κ3) is 4.96. The Hall–Kier alpha value is -3.95. The first kappa shape index (κ1) is 24.2. The number of hydrogen-bond donors (Lipinski definition) is 3. The van der Waals surface area contributed by atoms with Crippen LogP contribution in [-0.2, 0) is 4.79 Å². The van der Waals surface area contributed by atoms with Gasteiger partial charge in [0.25, 0.3) is 5.91 Å². The molecule has 2 atom stereocenters. The van der Waals surface area contributed by atoms with Crippen LogP contribution in [0, 0.1) is 11.6 Å². The maximum absolute atomic E-state index is 15.1. The Bertz CT molecular complexity index is 1310. The third-order valence-corrected chi connectivity index (χ3v) is 6.40. The van der Waals surface area contributed by atoms with Gasteiger partial charge in [0.1, 0.15) is 11.6 Å². The van der Waals surface area contributed by atoms with Gasteiger partial charge in [-0.15, -0.1) is 0 Å². The van der Waals surface area contributed by atoms with Gasteiger partial charge < -0.3 is 25.7 Å². The summed E-state index contributed by atoms with van der Waals surface area (Å²) in [5.41, 5.74) is 5.59. The van der Waals surface area contributed by atoms with Crippen molar-refractivity contribution in [2.45, 2.75) is 44.7 Å². The smallest absolute Gasteiger partial charge is 0.408 e. The van der Waals surface area contributed by atoms with Gasteiger partial charge in [0.2, 0.25) is 5.91 Å². The van der Waals surface area contributed by atoms with Crippen molar-refractivity contribution in [3.8, 4) is 16.9 Å². The normalized spacial score (nSPS) is 17.4. The lowest BCUT2D eigenvalue weighted by atomic mass is 10.0. The molecule has 0 aliphatic heterocycles. The molecule has 10 heteroatoms. The second-order valence-electron chi connectivity index (χ2n) is 8.65. The Balaban J connectivity index is 1.55. The van der Waals surface area contributed by atoms with Gasteiger partial charge in [-0.05, 0) is 49.1 Å². The minimum absolute atomic E-state index is 0.0171.